The summed E-state index contributed by atoms with van der Waals surface area (Å²) in [6.45, 7) is 0.552. The van der Waals surface area contributed by atoms with E-state index in [0.29, 0.717) is 12.3 Å². The van der Waals surface area contributed by atoms with Crippen molar-refractivity contribution in [1.82, 2.24) is 0 Å². The lowest BCUT2D eigenvalue weighted by Gasteiger charge is -2.11. The largest absolute Gasteiger partial charge is 0.457 e. The Labute approximate surface area is 114 Å². The van der Waals surface area contributed by atoms with E-state index < -0.39 is 0 Å². The van der Waals surface area contributed by atoms with Gasteiger partial charge in [0.1, 0.15) is 17.3 Å². The number of benzene rings is 2. The lowest BCUT2D eigenvalue weighted by molar-refractivity contribution is 0.474. The molecular formula is C14H13BrFNO. The van der Waals surface area contributed by atoms with Gasteiger partial charge in [-0.3, -0.25) is 0 Å². The van der Waals surface area contributed by atoms with Gasteiger partial charge in [-0.05, 0) is 61.0 Å². The standard InChI is InChI=1S/C14H13BrFNO/c15-11-1-6-14(10(9-11)7-8-17)18-13-4-2-12(16)3-5-13/h1-6,9H,7-8,17H2. The van der Waals surface area contributed by atoms with Gasteiger partial charge in [-0.2, -0.15) is 0 Å². The predicted octanol–water partition coefficient (Wildman–Crippen LogP) is 3.88. The fourth-order valence-corrected chi connectivity index (χ4v) is 2.04. The van der Waals surface area contributed by atoms with Crippen LogP contribution in [0.15, 0.2) is 46.9 Å². The minimum Gasteiger partial charge on any atom is -0.457 e. The first-order valence-electron chi connectivity index (χ1n) is 5.61. The van der Waals surface area contributed by atoms with E-state index in [4.69, 9.17) is 10.5 Å². The molecule has 0 radical (unpaired) electrons. The molecule has 18 heavy (non-hydrogen) atoms. The Morgan fingerprint density at radius 3 is 2.50 bits per heavy atom. The maximum Gasteiger partial charge on any atom is 0.130 e. The topological polar surface area (TPSA) is 35.2 Å². The van der Waals surface area contributed by atoms with Crippen LogP contribution < -0.4 is 10.5 Å². The Balaban J connectivity index is 2.25. The average molecular weight is 310 g/mol. The van der Waals surface area contributed by atoms with Crippen molar-refractivity contribution in [1.29, 1.82) is 0 Å². The van der Waals surface area contributed by atoms with Crippen molar-refractivity contribution in [2.75, 3.05) is 6.54 Å². The number of halogens is 2. The second-order valence-electron chi connectivity index (χ2n) is 3.85. The monoisotopic (exact) mass is 309 g/mol. The zero-order valence-corrected chi connectivity index (χ0v) is 11.3. The van der Waals surface area contributed by atoms with Gasteiger partial charge in [0.15, 0.2) is 0 Å². The third-order valence-corrected chi connectivity index (χ3v) is 2.97. The van der Waals surface area contributed by atoms with E-state index in [1.807, 2.05) is 18.2 Å². The van der Waals surface area contributed by atoms with Gasteiger partial charge in [0.2, 0.25) is 0 Å². The van der Waals surface area contributed by atoms with E-state index in [-0.39, 0.29) is 5.82 Å². The first kappa shape index (κ1) is 13.1. The van der Waals surface area contributed by atoms with Gasteiger partial charge in [0.25, 0.3) is 0 Å². The Bertz CT molecular complexity index is 528. The van der Waals surface area contributed by atoms with Gasteiger partial charge in [-0.15, -0.1) is 0 Å². The Morgan fingerprint density at radius 1 is 1.11 bits per heavy atom. The van der Waals surface area contributed by atoms with Crippen LogP contribution in [0.25, 0.3) is 0 Å². The zero-order chi connectivity index (χ0) is 13.0. The number of ether oxygens (including phenoxy) is 1. The molecule has 0 saturated carbocycles. The van der Waals surface area contributed by atoms with Crippen molar-refractivity contribution in [3.63, 3.8) is 0 Å². The van der Waals surface area contributed by atoms with Crippen LogP contribution in [0.1, 0.15) is 5.56 Å². The number of rotatable bonds is 4. The molecule has 0 unspecified atom stereocenters. The van der Waals surface area contributed by atoms with Gasteiger partial charge in [-0.1, -0.05) is 15.9 Å². The van der Waals surface area contributed by atoms with Crippen molar-refractivity contribution in [3.8, 4) is 11.5 Å². The molecule has 2 nitrogen and oxygen atoms in total. The van der Waals surface area contributed by atoms with E-state index in [2.05, 4.69) is 15.9 Å². The highest BCUT2D eigenvalue weighted by Gasteiger charge is 2.05. The van der Waals surface area contributed by atoms with Gasteiger partial charge >= 0.3 is 0 Å². The number of hydrogen-bond acceptors (Lipinski definition) is 2. The molecule has 0 aromatic heterocycles. The summed E-state index contributed by atoms with van der Waals surface area (Å²) in [5.74, 6) is 1.08. The van der Waals surface area contributed by atoms with Crippen molar-refractivity contribution in [3.05, 3.63) is 58.3 Å². The molecule has 0 heterocycles. The molecule has 2 N–H and O–H groups in total. The van der Waals surface area contributed by atoms with E-state index in [9.17, 15) is 4.39 Å². The fraction of sp³-hybridized carbons (Fsp3) is 0.143. The molecule has 0 aliphatic heterocycles. The number of nitrogens with two attached hydrogens (primary N) is 1. The minimum atomic E-state index is -0.277. The molecule has 94 valence electrons. The van der Waals surface area contributed by atoms with E-state index >= 15 is 0 Å². The highest BCUT2D eigenvalue weighted by atomic mass is 79.9. The van der Waals surface area contributed by atoms with Crippen LogP contribution in [-0.2, 0) is 6.42 Å². The van der Waals surface area contributed by atoms with Crippen molar-refractivity contribution in [2.45, 2.75) is 6.42 Å². The molecule has 0 aliphatic rings. The number of hydrogen-bond donors (Lipinski definition) is 1. The maximum atomic E-state index is 12.8. The lowest BCUT2D eigenvalue weighted by atomic mass is 10.1. The van der Waals surface area contributed by atoms with Crippen LogP contribution in [-0.4, -0.2) is 6.54 Å². The van der Waals surface area contributed by atoms with Crippen LogP contribution in [0.3, 0.4) is 0 Å². The first-order chi connectivity index (χ1) is 8.69. The minimum absolute atomic E-state index is 0.277. The van der Waals surface area contributed by atoms with Crippen LogP contribution >= 0.6 is 15.9 Å². The normalized spacial score (nSPS) is 10.4. The molecule has 4 heteroatoms. The molecule has 0 fully saturated rings. The van der Waals surface area contributed by atoms with Crippen LogP contribution in [0.4, 0.5) is 4.39 Å². The maximum absolute atomic E-state index is 12.8. The van der Waals surface area contributed by atoms with Gasteiger partial charge in [0, 0.05) is 4.47 Å². The molecular weight excluding hydrogens is 297 g/mol. The molecule has 0 aliphatic carbocycles. The summed E-state index contributed by atoms with van der Waals surface area (Å²) in [5, 5.41) is 0. The summed E-state index contributed by atoms with van der Waals surface area (Å²) in [7, 11) is 0. The van der Waals surface area contributed by atoms with E-state index in [1.165, 1.54) is 12.1 Å². The Morgan fingerprint density at radius 2 is 1.83 bits per heavy atom. The second-order valence-corrected chi connectivity index (χ2v) is 4.76. The van der Waals surface area contributed by atoms with Crippen molar-refractivity contribution in [2.24, 2.45) is 5.73 Å². The van der Waals surface area contributed by atoms with E-state index in [1.54, 1.807) is 12.1 Å². The van der Waals surface area contributed by atoms with E-state index in [0.717, 1.165) is 22.2 Å². The van der Waals surface area contributed by atoms with Gasteiger partial charge in [0.05, 0.1) is 0 Å². The average Bonchev–Trinajstić information content (AvgIpc) is 2.36. The predicted molar refractivity (Wildman–Crippen MR) is 73.4 cm³/mol. The summed E-state index contributed by atoms with van der Waals surface area (Å²) in [4.78, 5) is 0. The third kappa shape index (κ3) is 3.31. The summed E-state index contributed by atoms with van der Waals surface area (Å²) in [5.41, 5.74) is 6.60. The molecule has 0 atom stereocenters. The molecule has 2 aromatic carbocycles. The second kappa shape index (κ2) is 5.98. The molecule has 2 rings (SSSR count). The summed E-state index contributed by atoms with van der Waals surface area (Å²) in [6.07, 6.45) is 0.732. The highest BCUT2D eigenvalue weighted by Crippen LogP contribution is 2.28. The molecule has 0 amide bonds. The molecule has 2 aromatic rings. The molecule has 0 saturated heterocycles. The molecule has 0 bridgehead atoms. The third-order valence-electron chi connectivity index (χ3n) is 2.48. The molecule has 0 spiro atoms. The van der Waals surface area contributed by atoms with Crippen molar-refractivity contribution >= 4 is 15.9 Å². The van der Waals surface area contributed by atoms with Gasteiger partial charge < -0.3 is 10.5 Å². The highest BCUT2D eigenvalue weighted by molar-refractivity contribution is 9.10. The van der Waals surface area contributed by atoms with Crippen LogP contribution in [0.2, 0.25) is 0 Å². The summed E-state index contributed by atoms with van der Waals surface area (Å²) >= 11 is 3.42. The first-order valence-corrected chi connectivity index (χ1v) is 6.40. The fourth-order valence-electron chi connectivity index (χ4n) is 1.63. The SMILES string of the molecule is NCCc1cc(Br)ccc1Oc1ccc(F)cc1. The Kier molecular flexibility index (Phi) is 4.33. The smallest absolute Gasteiger partial charge is 0.130 e. The summed E-state index contributed by atoms with van der Waals surface area (Å²) in [6, 6.07) is 11.7. The Hall–Kier alpha value is -1.39. The summed E-state index contributed by atoms with van der Waals surface area (Å²) < 4.78 is 19.5. The zero-order valence-electron chi connectivity index (χ0n) is 9.70. The van der Waals surface area contributed by atoms with Crippen LogP contribution in [0.5, 0.6) is 11.5 Å². The van der Waals surface area contributed by atoms with Crippen molar-refractivity contribution < 1.29 is 9.13 Å². The van der Waals surface area contributed by atoms with Gasteiger partial charge in [-0.25, -0.2) is 4.39 Å². The quantitative estimate of drug-likeness (QED) is 0.930. The van der Waals surface area contributed by atoms with Crippen LogP contribution in [0, 0.1) is 5.82 Å². The lowest BCUT2D eigenvalue weighted by Crippen LogP contribution is -2.04.